The van der Waals surface area contributed by atoms with Crippen molar-refractivity contribution in [3.63, 3.8) is 0 Å². The van der Waals surface area contributed by atoms with Gasteiger partial charge in [0.25, 0.3) is 0 Å². The summed E-state index contributed by atoms with van der Waals surface area (Å²) in [6.45, 7) is 0.290. The second kappa shape index (κ2) is 6.67. The number of piperidine rings is 1. The van der Waals surface area contributed by atoms with Crippen molar-refractivity contribution in [2.24, 2.45) is 0 Å². The Kier molecular flexibility index (Phi) is 5.18. The molecule has 1 aromatic rings. The van der Waals surface area contributed by atoms with E-state index in [1.165, 1.54) is 11.9 Å². The minimum Gasteiger partial charge on any atom is -0.417 e. The molecule has 0 radical (unpaired) electrons. The topological polar surface area (TPSA) is 96.6 Å². The molecule has 0 atom stereocenters. The van der Waals surface area contributed by atoms with Crippen molar-refractivity contribution in [2.75, 3.05) is 32.9 Å². The summed E-state index contributed by atoms with van der Waals surface area (Å²) in [6, 6.07) is 0. The first kappa shape index (κ1) is 18.6. The highest BCUT2D eigenvalue weighted by Gasteiger charge is 2.39. The smallest absolute Gasteiger partial charge is 0.417 e. The van der Waals surface area contributed by atoms with Crippen molar-refractivity contribution in [3.05, 3.63) is 11.8 Å². The lowest BCUT2D eigenvalue weighted by Gasteiger charge is -2.31. The third-order valence-corrected chi connectivity index (χ3v) is 5.07. The second-order valence-corrected chi connectivity index (χ2v) is 7.71. The van der Waals surface area contributed by atoms with Crippen LogP contribution in [0.5, 0.6) is 0 Å². The van der Waals surface area contributed by atoms with Crippen molar-refractivity contribution in [1.29, 1.82) is 0 Å². The summed E-state index contributed by atoms with van der Waals surface area (Å²) in [5, 5.41) is 6.42. The van der Waals surface area contributed by atoms with Gasteiger partial charge in [-0.25, -0.2) is 8.42 Å². The van der Waals surface area contributed by atoms with E-state index in [-0.39, 0.29) is 37.4 Å². The first-order valence-corrected chi connectivity index (χ1v) is 8.93. The molecule has 1 saturated heterocycles. The van der Waals surface area contributed by atoms with Crippen molar-refractivity contribution in [2.45, 2.75) is 24.9 Å². The van der Waals surface area contributed by atoms with Crippen molar-refractivity contribution in [1.82, 2.24) is 19.4 Å². The van der Waals surface area contributed by atoms with E-state index in [4.69, 9.17) is 0 Å². The molecule has 0 aromatic carbocycles. The van der Waals surface area contributed by atoms with Crippen LogP contribution in [0.25, 0.3) is 0 Å². The number of alkyl halides is 3. The van der Waals surface area contributed by atoms with Crippen LogP contribution in [0.4, 0.5) is 13.2 Å². The summed E-state index contributed by atoms with van der Waals surface area (Å²) in [5.41, 5.74) is 0. The Balaban J connectivity index is 1.91. The predicted molar refractivity (Wildman–Crippen MR) is 75.3 cm³/mol. The average molecular weight is 370 g/mol. The Morgan fingerprint density at radius 1 is 1.33 bits per heavy atom. The van der Waals surface area contributed by atoms with Crippen LogP contribution in [0.2, 0.25) is 0 Å². The highest BCUT2D eigenvalue weighted by Crippen LogP contribution is 2.32. The fourth-order valence-electron chi connectivity index (χ4n) is 2.30. The number of likely N-dealkylation sites (tertiary alicyclic amines) is 1. The lowest BCUT2D eigenvalue weighted by Crippen LogP contribution is -2.44. The molecular formula is C12H17F3N4O4S. The number of carbonyl (C=O) groups is 1. The normalized spacial score (nSPS) is 17.5. The number of amides is 1. The van der Waals surface area contributed by atoms with Crippen LogP contribution in [0.15, 0.2) is 4.42 Å². The SMILES string of the molecule is CN(CC(=O)N1CCC(c2nnc(C(F)(F)F)o2)CC1)S(C)(=O)=O. The first-order valence-electron chi connectivity index (χ1n) is 7.08. The van der Waals surface area contributed by atoms with Gasteiger partial charge in [-0.05, 0) is 12.8 Å². The predicted octanol–water partition coefficient (Wildman–Crippen LogP) is 0.686. The van der Waals surface area contributed by atoms with E-state index < -0.39 is 22.1 Å². The van der Waals surface area contributed by atoms with Crippen LogP contribution >= 0.6 is 0 Å². The van der Waals surface area contributed by atoms with Gasteiger partial charge < -0.3 is 9.32 Å². The highest BCUT2D eigenvalue weighted by atomic mass is 32.2. The quantitative estimate of drug-likeness (QED) is 0.774. The van der Waals surface area contributed by atoms with E-state index in [0.29, 0.717) is 12.8 Å². The Bertz CT molecular complexity index is 695. The average Bonchev–Trinajstić information content (AvgIpc) is 2.96. The Labute approximate surface area is 136 Å². The zero-order valence-corrected chi connectivity index (χ0v) is 13.9. The van der Waals surface area contributed by atoms with E-state index >= 15 is 0 Å². The molecule has 2 heterocycles. The summed E-state index contributed by atoms with van der Waals surface area (Å²) >= 11 is 0. The maximum absolute atomic E-state index is 12.5. The van der Waals surface area contributed by atoms with Gasteiger partial charge in [0.2, 0.25) is 21.8 Å². The molecule has 1 amide bonds. The fraction of sp³-hybridized carbons (Fsp3) is 0.750. The van der Waals surface area contributed by atoms with Crippen LogP contribution in [-0.4, -0.2) is 66.7 Å². The summed E-state index contributed by atoms with van der Waals surface area (Å²) in [6.07, 6.45) is -2.94. The number of nitrogens with zero attached hydrogens (tertiary/aromatic N) is 4. The lowest BCUT2D eigenvalue weighted by molar-refractivity contribution is -0.157. The summed E-state index contributed by atoms with van der Waals surface area (Å²) < 4.78 is 65.6. The zero-order chi connectivity index (χ0) is 18.1. The highest BCUT2D eigenvalue weighted by molar-refractivity contribution is 7.88. The summed E-state index contributed by atoms with van der Waals surface area (Å²) in [5.74, 6) is -2.19. The van der Waals surface area contributed by atoms with E-state index in [0.717, 1.165) is 10.6 Å². The van der Waals surface area contributed by atoms with Gasteiger partial charge >= 0.3 is 12.1 Å². The van der Waals surface area contributed by atoms with Gasteiger partial charge in [0.1, 0.15) is 0 Å². The Morgan fingerprint density at radius 2 is 1.92 bits per heavy atom. The van der Waals surface area contributed by atoms with Gasteiger partial charge in [0.15, 0.2) is 0 Å². The molecular weight excluding hydrogens is 353 g/mol. The maximum atomic E-state index is 12.5. The van der Waals surface area contributed by atoms with E-state index in [9.17, 15) is 26.4 Å². The Morgan fingerprint density at radius 3 is 2.38 bits per heavy atom. The summed E-state index contributed by atoms with van der Waals surface area (Å²) in [7, 11) is -2.15. The van der Waals surface area contributed by atoms with Gasteiger partial charge in [-0.1, -0.05) is 0 Å². The molecule has 0 N–H and O–H groups in total. The third-order valence-electron chi connectivity index (χ3n) is 3.80. The second-order valence-electron chi connectivity index (χ2n) is 5.62. The van der Waals surface area contributed by atoms with Crippen LogP contribution in [0.1, 0.15) is 30.5 Å². The fourth-order valence-corrected chi connectivity index (χ4v) is 2.64. The van der Waals surface area contributed by atoms with E-state index in [1.807, 2.05) is 0 Å². The number of likely N-dealkylation sites (N-methyl/N-ethyl adjacent to an activating group) is 1. The molecule has 1 aliphatic heterocycles. The van der Waals surface area contributed by atoms with Gasteiger partial charge in [-0.15, -0.1) is 10.2 Å². The van der Waals surface area contributed by atoms with Crippen molar-refractivity contribution >= 4 is 15.9 Å². The third kappa shape index (κ3) is 4.44. The lowest BCUT2D eigenvalue weighted by atomic mass is 9.97. The molecule has 0 saturated carbocycles. The maximum Gasteiger partial charge on any atom is 0.470 e. The molecule has 0 aliphatic carbocycles. The number of aromatic nitrogens is 2. The van der Waals surface area contributed by atoms with Gasteiger partial charge in [0, 0.05) is 26.1 Å². The van der Waals surface area contributed by atoms with Crippen LogP contribution in [0, 0.1) is 0 Å². The molecule has 1 aliphatic rings. The number of hydrogen-bond donors (Lipinski definition) is 0. The van der Waals surface area contributed by atoms with Gasteiger partial charge in [-0.2, -0.15) is 17.5 Å². The monoisotopic (exact) mass is 370 g/mol. The van der Waals surface area contributed by atoms with E-state index in [2.05, 4.69) is 14.6 Å². The molecule has 8 nitrogen and oxygen atoms in total. The number of carbonyl (C=O) groups excluding carboxylic acids is 1. The van der Waals surface area contributed by atoms with Crippen molar-refractivity contribution in [3.8, 4) is 0 Å². The summed E-state index contributed by atoms with van der Waals surface area (Å²) in [4.78, 5) is 13.5. The molecule has 12 heteroatoms. The van der Waals surface area contributed by atoms with Crippen LogP contribution < -0.4 is 0 Å². The molecule has 0 unspecified atom stereocenters. The first-order chi connectivity index (χ1) is 11.0. The molecule has 0 spiro atoms. The molecule has 0 bridgehead atoms. The number of hydrogen-bond acceptors (Lipinski definition) is 6. The number of halogens is 3. The molecule has 24 heavy (non-hydrogen) atoms. The van der Waals surface area contributed by atoms with Gasteiger partial charge in [-0.3, -0.25) is 4.79 Å². The van der Waals surface area contributed by atoms with Crippen LogP contribution in [-0.2, 0) is 21.0 Å². The van der Waals surface area contributed by atoms with Crippen molar-refractivity contribution < 1.29 is 30.8 Å². The van der Waals surface area contributed by atoms with E-state index in [1.54, 1.807) is 0 Å². The largest absolute Gasteiger partial charge is 0.470 e. The standard InChI is InChI=1S/C12H17F3N4O4S/c1-18(24(2,21)22)7-9(20)19-5-3-8(4-6-19)10-16-17-11(23-10)12(13,14)15/h8H,3-7H2,1-2H3. The zero-order valence-electron chi connectivity index (χ0n) is 13.1. The molecule has 2 rings (SSSR count). The molecule has 1 fully saturated rings. The van der Waals surface area contributed by atoms with Gasteiger partial charge in [0.05, 0.1) is 12.8 Å². The number of sulfonamides is 1. The molecule has 136 valence electrons. The number of rotatable bonds is 4. The molecule has 1 aromatic heterocycles. The Hall–Kier alpha value is -1.69. The minimum atomic E-state index is -4.68. The van der Waals surface area contributed by atoms with Crippen LogP contribution in [0.3, 0.4) is 0 Å². The minimum absolute atomic E-state index is 0.0947.